The van der Waals surface area contributed by atoms with Crippen molar-refractivity contribution in [1.82, 2.24) is 10.2 Å². The van der Waals surface area contributed by atoms with Crippen LogP contribution in [0.4, 0.5) is 0 Å². The Morgan fingerprint density at radius 1 is 1.47 bits per heavy atom. The van der Waals surface area contributed by atoms with Crippen LogP contribution in [-0.2, 0) is 0 Å². The highest BCUT2D eigenvalue weighted by molar-refractivity contribution is 7.80. The van der Waals surface area contributed by atoms with Gasteiger partial charge in [-0.1, -0.05) is 12.2 Å². The summed E-state index contributed by atoms with van der Waals surface area (Å²) in [6, 6.07) is 0.506. The Morgan fingerprint density at radius 2 is 2.27 bits per heavy atom. The Hall–Kier alpha value is -0.900. The van der Waals surface area contributed by atoms with Crippen molar-refractivity contribution in [1.29, 1.82) is 0 Å². The summed E-state index contributed by atoms with van der Waals surface area (Å²) in [4.78, 5) is 6.05. The molecule has 0 radical (unpaired) electrons. The predicted molar refractivity (Wildman–Crippen MR) is 67.1 cm³/mol. The molecular formula is C11H17N3S. The maximum absolute atomic E-state index is 5.16. The monoisotopic (exact) mass is 223 g/mol. The number of hydrogen-bond donors (Lipinski definition) is 1. The summed E-state index contributed by atoms with van der Waals surface area (Å²) in [7, 11) is 3.87. The van der Waals surface area contributed by atoms with Gasteiger partial charge in [-0.3, -0.25) is 0 Å². The van der Waals surface area contributed by atoms with Crippen LogP contribution >= 0.6 is 12.2 Å². The number of nitrogens with one attached hydrogen (secondary N) is 1. The molecule has 2 aliphatic rings. The van der Waals surface area contributed by atoms with E-state index in [1.165, 1.54) is 12.8 Å². The topological polar surface area (TPSA) is 27.6 Å². The minimum Gasteiger partial charge on any atom is -0.369 e. The van der Waals surface area contributed by atoms with Crippen LogP contribution < -0.4 is 5.32 Å². The molecule has 1 N–H and O–H groups in total. The molecule has 0 aromatic rings. The molecule has 0 aromatic carbocycles. The summed E-state index contributed by atoms with van der Waals surface area (Å²) < 4.78 is 0. The van der Waals surface area contributed by atoms with Gasteiger partial charge in [-0.2, -0.15) is 0 Å². The van der Waals surface area contributed by atoms with Gasteiger partial charge in [-0.25, -0.2) is 4.99 Å². The van der Waals surface area contributed by atoms with Gasteiger partial charge in [-0.05, 0) is 36.9 Å². The second kappa shape index (κ2) is 4.31. The first-order valence-corrected chi connectivity index (χ1v) is 5.75. The number of fused-ring (bicyclic) bond motifs is 2. The van der Waals surface area contributed by atoms with E-state index in [0.29, 0.717) is 17.1 Å². The van der Waals surface area contributed by atoms with Crippen LogP contribution in [0, 0.1) is 11.8 Å². The maximum Gasteiger partial charge on any atom is 0.194 e. The van der Waals surface area contributed by atoms with Crippen molar-refractivity contribution < 1.29 is 0 Å². The van der Waals surface area contributed by atoms with E-state index in [-0.39, 0.29) is 0 Å². The van der Waals surface area contributed by atoms with Gasteiger partial charge in [0.05, 0.1) is 6.34 Å². The molecule has 2 aliphatic carbocycles. The Balaban J connectivity index is 1.83. The van der Waals surface area contributed by atoms with E-state index in [1.54, 1.807) is 6.34 Å². The third-order valence-corrected chi connectivity index (χ3v) is 3.22. The number of thiocarbonyl (C=S) groups is 1. The van der Waals surface area contributed by atoms with Crippen molar-refractivity contribution in [2.24, 2.45) is 16.8 Å². The molecule has 82 valence electrons. The van der Waals surface area contributed by atoms with Gasteiger partial charge < -0.3 is 10.2 Å². The van der Waals surface area contributed by atoms with Gasteiger partial charge in [0.1, 0.15) is 0 Å². The molecule has 0 aliphatic heterocycles. The lowest BCUT2D eigenvalue weighted by Crippen LogP contribution is -2.36. The second-order valence-electron chi connectivity index (χ2n) is 4.54. The Kier molecular flexibility index (Phi) is 3.05. The third kappa shape index (κ3) is 2.56. The van der Waals surface area contributed by atoms with E-state index in [0.717, 1.165) is 5.92 Å². The predicted octanol–water partition coefficient (Wildman–Crippen LogP) is 1.42. The number of aliphatic imine (C=N–C) groups is 1. The highest BCUT2D eigenvalue weighted by Crippen LogP contribution is 2.38. The lowest BCUT2D eigenvalue weighted by atomic mass is 10.0. The Bertz CT molecular complexity index is 309. The fraction of sp³-hybridized carbons (Fsp3) is 0.636. The highest BCUT2D eigenvalue weighted by atomic mass is 32.1. The minimum absolute atomic E-state index is 0.506. The largest absolute Gasteiger partial charge is 0.369 e. The van der Waals surface area contributed by atoms with Crippen LogP contribution in [0.2, 0.25) is 0 Å². The Labute approximate surface area is 96.3 Å². The van der Waals surface area contributed by atoms with Crippen LogP contribution in [0.15, 0.2) is 17.1 Å². The van der Waals surface area contributed by atoms with Crippen molar-refractivity contribution >= 4 is 23.7 Å². The van der Waals surface area contributed by atoms with Gasteiger partial charge in [0.15, 0.2) is 5.11 Å². The van der Waals surface area contributed by atoms with E-state index in [2.05, 4.69) is 22.5 Å². The first-order chi connectivity index (χ1) is 7.15. The molecule has 0 spiro atoms. The minimum atomic E-state index is 0.506. The quantitative estimate of drug-likeness (QED) is 0.332. The zero-order chi connectivity index (χ0) is 10.8. The van der Waals surface area contributed by atoms with Crippen LogP contribution in [-0.4, -0.2) is 36.5 Å². The average molecular weight is 223 g/mol. The molecule has 4 heteroatoms. The number of nitrogens with zero attached hydrogens (tertiary/aromatic N) is 2. The van der Waals surface area contributed by atoms with Gasteiger partial charge >= 0.3 is 0 Å². The summed E-state index contributed by atoms with van der Waals surface area (Å²) in [5.41, 5.74) is 0. The van der Waals surface area contributed by atoms with E-state index >= 15 is 0 Å². The molecule has 0 amide bonds. The second-order valence-corrected chi connectivity index (χ2v) is 4.93. The highest BCUT2D eigenvalue weighted by Gasteiger charge is 2.35. The molecule has 3 atom stereocenters. The zero-order valence-electron chi connectivity index (χ0n) is 9.18. The molecule has 1 fully saturated rings. The maximum atomic E-state index is 5.16. The molecule has 0 heterocycles. The van der Waals surface area contributed by atoms with Crippen molar-refractivity contribution in [3.8, 4) is 0 Å². The summed E-state index contributed by atoms with van der Waals surface area (Å²) in [6.07, 6.45) is 8.87. The first-order valence-electron chi connectivity index (χ1n) is 5.34. The van der Waals surface area contributed by atoms with Crippen LogP contribution in [0.1, 0.15) is 12.8 Å². The molecule has 0 aromatic heterocycles. The number of allylic oxidation sites excluding steroid dienone is 1. The van der Waals surface area contributed by atoms with Crippen LogP contribution in [0.5, 0.6) is 0 Å². The third-order valence-electron chi connectivity index (χ3n) is 2.99. The molecule has 2 bridgehead atoms. The summed E-state index contributed by atoms with van der Waals surface area (Å²) in [5, 5.41) is 3.93. The summed E-state index contributed by atoms with van der Waals surface area (Å²) in [6.45, 7) is 0. The normalized spacial score (nSPS) is 32.5. The Morgan fingerprint density at radius 3 is 2.80 bits per heavy atom. The summed E-state index contributed by atoms with van der Waals surface area (Å²) >= 11 is 5.16. The molecule has 0 unspecified atom stereocenters. The smallest absolute Gasteiger partial charge is 0.194 e. The van der Waals surface area contributed by atoms with Crippen molar-refractivity contribution in [2.75, 3.05) is 14.1 Å². The average Bonchev–Trinajstić information content (AvgIpc) is 2.76. The van der Waals surface area contributed by atoms with Gasteiger partial charge in [0, 0.05) is 20.1 Å². The van der Waals surface area contributed by atoms with Crippen molar-refractivity contribution in [3.63, 3.8) is 0 Å². The SMILES string of the molecule is CN(C)C=NC(=S)N[C@@H]1C[C@H]2C=C[C@@H]1C2. The first kappa shape index (κ1) is 10.6. The van der Waals surface area contributed by atoms with Crippen molar-refractivity contribution in [2.45, 2.75) is 18.9 Å². The van der Waals surface area contributed by atoms with E-state index in [4.69, 9.17) is 12.2 Å². The molecule has 2 rings (SSSR count). The standard InChI is InChI=1S/C11H17N3S/c1-14(2)7-12-11(15)13-10-6-8-3-4-9(10)5-8/h3-4,7-10H,5-6H2,1-2H3,(H,13,15)/t8-,9+,10+/m0/s1. The van der Waals surface area contributed by atoms with Crippen LogP contribution in [0.3, 0.4) is 0 Å². The zero-order valence-corrected chi connectivity index (χ0v) is 10.00. The molecule has 0 saturated heterocycles. The van der Waals surface area contributed by atoms with Gasteiger partial charge in [-0.15, -0.1) is 0 Å². The van der Waals surface area contributed by atoms with Gasteiger partial charge in [0.25, 0.3) is 0 Å². The van der Waals surface area contributed by atoms with E-state index in [1.807, 2.05) is 19.0 Å². The van der Waals surface area contributed by atoms with Crippen molar-refractivity contribution in [3.05, 3.63) is 12.2 Å². The summed E-state index contributed by atoms with van der Waals surface area (Å²) in [5.74, 6) is 1.44. The van der Waals surface area contributed by atoms with Gasteiger partial charge in [0.2, 0.25) is 0 Å². The lowest BCUT2D eigenvalue weighted by Gasteiger charge is -2.19. The molecule has 15 heavy (non-hydrogen) atoms. The fourth-order valence-electron chi connectivity index (χ4n) is 2.31. The molecular weight excluding hydrogens is 206 g/mol. The fourth-order valence-corrected chi connectivity index (χ4v) is 2.51. The van der Waals surface area contributed by atoms with E-state index < -0.39 is 0 Å². The number of hydrogen-bond acceptors (Lipinski definition) is 1. The molecule has 3 nitrogen and oxygen atoms in total. The number of rotatable bonds is 2. The van der Waals surface area contributed by atoms with E-state index in [9.17, 15) is 0 Å². The molecule has 1 saturated carbocycles. The lowest BCUT2D eigenvalue weighted by molar-refractivity contribution is 0.525. The van der Waals surface area contributed by atoms with Crippen LogP contribution in [0.25, 0.3) is 0 Å².